The lowest BCUT2D eigenvalue weighted by molar-refractivity contribution is 0.600. The SMILES string of the molecule is CC(=NNc1cc(NN=C(C)c2ccc(S(C)(=O)=O)cc2)nc(Nc2cc(C)cc(C)c2)n1)c1ccc(S(C)(=O)=O)cc1. The van der Waals surface area contributed by atoms with Gasteiger partial charge in [-0.2, -0.15) is 20.2 Å². The maximum Gasteiger partial charge on any atom is 0.231 e. The summed E-state index contributed by atoms with van der Waals surface area (Å²) in [5.41, 5.74) is 11.6. The molecule has 0 atom stereocenters. The van der Waals surface area contributed by atoms with E-state index in [1.165, 1.54) is 24.3 Å². The normalized spacial score (nSPS) is 12.6. The maximum absolute atomic E-state index is 11.8. The molecule has 0 fully saturated rings. The highest BCUT2D eigenvalue weighted by atomic mass is 32.2. The molecule has 1 aromatic heterocycles. The van der Waals surface area contributed by atoms with Crippen molar-refractivity contribution in [2.24, 2.45) is 10.2 Å². The summed E-state index contributed by atoms with van der Waals surface area (Å²) in [6.07, 6.45) is 2.32. The highest BCUT2D eigenvalue weighted by Crippen LogP contribution is 2.21. The molecule has 0 aliphatic rings. The molecule has 4 aromatic rings. The van der Waals surface area contributed by atoms with Gasteiger partial charge in [0.25, 0.3) is 0 Å². The second kappa shape index (κ2) is 12.7. The molecule has 3 aromatic carbocycles. The summed E-state index contributed by atoms with van der Waals surface area (Å²) in [6.45, 7) is 7.59. The fourth-order valence-electron chi connectivity index (χ4n) is 4.09. The quantitative estimate of drug-likeness (QED) is 0.158. The van der Waals surface area contributed by atoms with E-state index < -0.39 is 19.7 Å². The molecule has 0 aliphatic heterocycles. The number of hydrazone groups is 2. The molecule has 43 heavy (non-hydrogen) atoms. The number of nitrogens with one attached hydrogen (secondary N) is 3. The summed E-state index contributed by atoms with van der Waals surface area (Å²) in [7, 11) is -6.60. The van der Waals surface area contributed by atoms with Gasteiger partial charge in [0.15, 0.2) is 31.3 Å². The number of rotatable bonds is 10. The molecule has 0 unspecified atom stereocenters. The predicted molar refractivity (Wildman–Crippen MR) is 172 cm³/mol. The third-order valence-electron chi connectivity index (χ3n) is 6.28. The van der Waals surface area contributed by atoms with Crippen LogP contribution in [-0.2, 0) is 19.7 Å². The molecule has 1 heterocycles. The number of benzene rings is 3. The van der Waals surface area contributed by atoms with Gasteiger partial charge in [-0.25, -0.2) is 16.8 Å². The number of nitrogens with zero attached hydrogens (tertiary/aromatic N) is 4. The van der Waals surface area contributed by atoms with Crippen molar-refractivity contribution in [3.63, 3.8) is 0 Å². The fourth-order valence-corrected chi connectivity index (χ4v) is 5.35. The monoisotopic (exact) mass is 619 g/mol. The Labute approximate surface area is 252 Å². The van der Waals surface area contributed by atoms with Gasteiger partial charge in [0.2, 0.25) is 5.95 Å². The van der Waals surface area contributed by atoms with Crippen LogP contribution in [0.4, 0.5) is 23.3 Å². The van der Waals surface area contributed by atoms with E-state index in [1.54, 1.807) is 44.2 Å². The van der Waals surface area contributed by atoms with Crippen molar-refractivity contribution in [3.05, 3.63) is 95.1 Å². The summed E-state index contributed by atoms with van der Waals surface area (Å²) in [6, 6.07) is 20.6. The van der Waals surface area contributed by atoms with Crippen LogP contribution in [0, 0.1) is 13.8 Å². The van der Waals surface area contributed by atoms with Crippen molar-refractivity contribution in [3.8, 4) is 0 Å². The Morgan fingerprint density at radius 1 is 0.628 bits per heavy atom. The zero-order chi connectivity index (χ0) is 31.4. The Hall–Kier alpha value is -4.62. The van der Waals surface area contributed by atoms with Crippen LogP contribution in [0.25, 0.3) is 0 Å². The van der Waals surface area contributed by atoms with E-state index in [0.717, 1.165) is 40.5 Å². The Morgan fingerprint density at radius 2 is 1.02 bits per heavy atom. The van der Waals surface area contributed by atoms with Crippen LogP contribution in [0.3, 0.4) is 0 Å². The van der Waals surface area contributed by atoms with Gasteiger partial charge >= 0.3 is 0 Å². The van der Waals surface area contributed by atoms with Gasteiger partial charge < -0.3 is 5.32 Å². The lowest BCUT2D eigenvalue weighted by atomic mass is 10.1. The van der Waals surface area contributed by atoms with Gasteiger partial charge in [-0.3, -0.25) is 10.9 Å². The summed E-state index contributed by atoms with van der Waals surface area (Å²) in [5.74, 6) is 1.05. The van der Waals surface area contributed by atoms with Crippen LogP contribution in [0.2, 0.25) is 0 Å². The minimum Gasteiger partial charge on any atom is -0.324 e. The van der Waals surface area contributed by atoms with E-state index in [2.05, 4.69) is 42.4 Å². The molecule has 0 saturated heterocycles. The average Bonchev–Trinajstić information content (AvgIpc) is 2.93. The Morgan fingerprint density at radius 3 is 1.40 bits per heavy atom. The molecule has 0 radical (unpaired) electrons. The maximum atomic E-state index is 11.8. The smallest absolute Gasteiger partial charge is 0.231 e. The van der Waals surface area contributed by atoms with Crippen molar-refractivity contribution >= 4 is 54.4 Å². The van der Waals surface area contributed by atoms with Crippen LogP contribution < -0.4 is 16.2 Å². The summed E-state index contributed by atoms with van der Waals surface area (Å²) < 4.78 is 47.1. The number of aromatic nitrogens is 2. The molecule has 0 saturated carbocycles. The Balaban J connectivity index is 1.61. The molecule has 3 N–H and O–H groups in total. The molecule has 0 spiro atoms. The molecule has 0 aliphatic carbocycles. The minimum absolute atomic E-state index is 0.229. The highest BCUT2D eigenvalue weighted by Gasteiger charge is 2.10. The van der Waals surface area contributed by atoms with E-state index in [-0.39, 0.29) is 9.79 Å². The van der Waals surface area contributed by atoms with E-state index in [1.807, 2.05) is 26.0 Å². The zero-order valence-electron chi connectivity index (χ0n) is 24.7. The molecule has 13 heteroatoms. The zero-order valence-corrected chi connectivity index (χ0v) is 26.3. The molecular weight excluding hydrogens is 587 g/mol. The first-order valence-electron chi connectivity index (χ1n) is 13.1. The van der Waals surface area contributed by atoms with Crippen molar-refractivity contribution in [2.45, 2.75) is 37.5 Å². The number of hydrogen-bond donors (Lipinski definition) is 3. The molecule has 11 nitrogen and oxygen atoms in total. The second-order valence-electron chi connectivity index (χ2n) is 10.2. The van der Waals surface area contributed by atoms with Crippen molar-refractivity contribution < 1.29 is 16.8 Å². The molecular formula is C30H33N7O4S2. The standard InChI is InChI=1S/C30H33N7O4S2/c1-19-15-20(2)17-25(16-19)31-30-32-28(36-34-21(3)23-7-11-26(12-8-23)42(5,38)39)18-29(33-30)37-35-22(4)24-9-13-27(14-10-24)43(6,40)41/h7-18H,1-6H3,(H3,31,32,33,36,37). The lowest BCUT2D eigenvalue weighted by Crippen LogP contribution is -2.07. The number of anilines is 4. The number of hydrogen-bond acceptors (Lipinski definition) is 11. The topological polar surface area (TPSA) is 155 Å². The Kier molecular flexibility index (Phi) is 9.26. The van der Waals surface area contributed by atoms with E-state index in [9.17, 15) is 16.8 Å². The van der Waals surface area contributed by atoms with Crippen LogP contribution in [0.15, 0.2) is 92.8 Å². The summed E-state index contributed by atoms with van der Waals surface area (Å²) in [5, 5.41) is 12.1. The van der Waals surface area contributed by atoms with Crippen LogP contribution >= 0.6 is 0 Å². The third kappa shape index (κ3) is 8.69. The first kappa shape index (κ1) is 31.3. The number of aryl methyl sites for hydroxylation is 2. The molecule has 0 amide bonds. The molecule has 0 bridgehead atoms. The highest BCUT2D eigenvalue weighted by molar-refractivity contribution is 7.91. The van der Waals surface area contributed by atoms with Crippen LogP contribution in [-0.4, -0.2) is 50.7 Å². The van der Waals surface area contributed by atoms with Gasteiger partial charge in [-0.15, -0.1) is 0 Å². The Bertz CT molecular complexity index is 1790. The largest absolute Gasteiger partial charge is 0.324 e. The van der Waals surface area contributed by atoms with E-state index in [0.29, 0.717) is 29.0 Å². The summed E-state index contributed by atoms with van der Waals surface area (Å²) >= 11 is 0. The van der Waals surface area contributed by atoms with Gasteiger partial charge in [-0.1, -0.05) is 30.3 Å². The molecule has 4 rings (SSSR count). The summed E-state index contributed by atoms with van der Waals surface area (Å²) in [4.78, 5) is 9.56. The fraction of sp³-hybridized carbons (Fsp3) is 0.200. The first-order chi connectivity index (χ1) is 20.2. The third-order valence-corrected chi connectivity index (χ3v) is 8.54. The van der Waals surface area contributed by atoms with Crippen LogP contribution in [0.5, 0.6) is 0 Å². The first-order valence-corrected chi connectivity index (χ1v) is 16.9. The van der Waals surface area contributed by atoms with Crippen LogP contribution in [0.1, 0.15) is 36.1 Å². The lowest BCUT2D eigenvalue weighted by Gasteiger charge is -2.11. The van der Waals surface area contributed by atoms with Crippen molar-refractivity contribution in [1.29, 1.82) is 0 Å². The average molecular weight is 620 g/mol. The van der Waals surface area contributed by atoms with Gasteiger partial charge in [0.05, 0.1) is 21.2 Å². The molecule has 224 valence electrons. The van der Waals surface area contributed by atoms with Gasteiger partial charge in [0, 0.05) is 24.3 Å². The second-order valence-corrected chi connectivity index (χ2v) is 14.2. The van der Waals surface area contributed by atoms with E-state index in [4.69, 9.17) is 0 Å². The predicted octanol–water partition coefficient (Wildman–Crippen LogP) is 5.32. The minimum atomic E-state index is -3.30. The number of sulfone groups is 2. The van der Waals surface area contributed by atoms with Crippen molar-refractivity contribution in [1.82, 2.24) is 9.97 Å². The van der Waals surface area contributed by atoms with Crippen molar-refractivity contribution in [2.75, 3.05) is 28.7 Å². The van der Waals surface area contributed by atoms with E-state index >= 15 is 0 Å². The van der Waals surface area contributed by atoms with Gasteiger partial charge in [-0.05, 0) is 86.3 Å². The van der Waals surface area contributed by atoms with Gasteiger partial charge in [0.1, 0.15) is 0 Å².